The summed E-state index contributed by atoms with van der Waals surface area (Å²) in [7, 11) is -0.121. The van der Waals surface area contributed by atoms with Gasteiger partial charge in [-0.1, -0.05) is 28.7 Å². The molecule has 0 bridgehead atoms. The monoisotopic (exact) mass is 451 g/mol. The van der Waals surface area contributed by atoms with Gasteiger partial charge in [-0.25, -0.2) is 4.79 Å². The van der Waals surface area contributed by atoms with E-state index in [1.165, 1.54) is 18.7 Å². The van der Waals surface area contributed by atoms with Gasteiger partial charge in [0, 0.05) is 37.6 Å². The van der Waals surface area contributed by atoms with Crippen molar-refractivity contribution in [3.05, 3.63) is 0 Å². The van der Waals surface area contributed by atoms with E-state index in [9.17, 15) is 9.59 Å². The number of amides is 2. The first-order valence-corrected chi connectivity index (χ1v) is 14.1. The molecule has 176 valence electrons. The van der Waals surface area contributed by atoms with E-state index < -0.39 is 5.60 Å². The summed E-state index contributed by atoms with van der Waals surface area (Å²) in [5, 5.41) is 3.99. The standard InChI is InChI=1S/C24H42N3O3P/c1-15(2)20-14-31-13-18(12-19-16(3)11-21(28)27(20)22(19)31)25-17-7-9-26(10-8-17)23(29)30-24(4,5)6/h15-20,22,25H,7-14H2,1-6H3/t16?,18?,19?,20?,22-,31?/m0/s1. The normalized spacial score (nSPS) is 36.7. The average Bonchev–Trinajstić information content (AvgIpc) is 3.06. The Morgan fingerprint density at radius 1 is 1.16 bits per heavy atom. The quantitative estimate of drug-likeness (QED) is 0.657. The Labute approximate surface area is 189 Å². The van der Waals surface area contributed by atoms with Crippen LogP contribution in [0.2, 0.25) is 0 Å². The molecule has 0 aromatic carbocycles. The van der Waals surface area contributed by atoms with Crippen LogP contribution in [0.3, 0.4) is 0 Å². The lowest BCUT2D eigenvalue weighted by Gasteiger charge is -2.50. The molecular formula is C24H42N3O3P. The molecule has 0 radical (unpaired) electrons. The minimum Gasteiger partial charge on any atom is -0.444 e. The van der Waals surface area contributed by atoms with Gasteiger partial charge in [0.15, 0.2) is 0 Å². The molecule has 5 unspecified atom stereocenters. The highest BCUT2D eigenvalue weighted by molar-refractivity contribution is 7.59. The van der Waals surface area contributed by atoms with Gasteiger partial charge in [0.25, 0.3) is 0 Å². The number of rotatable bonds is 3. The minimum absolute atomic E-state index is 0.121. The maximum absolute atomic E-state index is 12.9. The van der Waals surface area contributed by atoms with E-state index in [0.717, 1.165) is 32.4 Å². The molecule has 6 atom stereocenters. The van der Waals surface area contributed by atoms with Crippen LogP contribution >= 0.6 is 7.92 Å². The topological polar surface area (TPSA) is 61.9 Å². The molecule has 0 aromatic heterocycles. The molecule has 7 heteroatoms. The minimum atomic E-state index is -0.436. The van der Waals surface area contributed by atoms with Gasteiger partial charge < -0.3 is 19.9 Å². The van der Waals surface area contributed by atoms with Crippen LogP contribution in [-0.4, -0.2) is 76.7 Å². The summed E-state index contributed by atoms with van der Waals surface area (Å²) in [5.74, 6) is 2.66. The van der Waals surface area contributed by atoms with Crippen LogP contribution in [-0.2, 0) is 9.53 Å². The zero-order valence-electron chi connectivity index (χ0n) is 20.3. The fourth-order valence-corrected chi connectivity index (χ4v) is 10.3. The Hall–Kier alpha value is -0.870. The lowest BCUT2D eigenvalue weighted by atomic mass is 9.80. The Bertz CT molecular complexity index is 686. The molecule has 0 aromatic rings. The molecule has 2 amide bonds. The third-order valence-electron chi connectivity index (χ3n) is 7.74. The fraction of sp³-hybridized carbons (Fsp3) is 0.917. The number of ether oxygens (including phenoxy) is 1. The van der Waals surface area contributed by atoms with E-state index in [0.29, 0.717) is 47.6 Å². The van der Waals surface area contributed by atoms with Gasteiger partial charge in [0.2, 0.25) is 5.91 Å². The highest BCUT2D eigenvalue weighted by atomic mass is 31.1. The van der Waals surface area contributed by atoms with Crippen molar-refractivity contribution in [3.8, 4) is 0 Å². The smallest absolute Gasteiger partial charge is 0.410 e. The second-order valence-electron chi connectivity index (χ2n) is 11.7. The second kappa shape index (κ2) is 8.82. The van der Waals surface area contributed by atoms with Gasteiger partial charge in [-0.3, -0.25) is 4.79 Å². The number of carbonyl (C=O) groups excluding carboxylic acids is 2. The Balaban J connectivity index is 1.35. The largest absolute Gasteiger partial charge is 0.444 e. The third kappa shape index (κ3) is 4.90. The van der Waals surface area contributed by atoms with Crippen molar-refractivity contribution < 1.29 is 14.3 Å². The van der Waals surface area contributed by atoms with E-state index in [1.807, 2.05) is 25.7 Å². The van der Waals surface area contributed by atoms with Gasteiger partial charge >= 0.3 is 6.09 Å². The van der Waals surface area contributed by atoms with Crippen LogP contribution in [0.15, 0.2) is 0 Å². The number of nitrogens with zero attached hydrogens (tertiary/aromatic N) is 2. The number of hydrogen-bond acceptors (Lipinski definition) is 4. The van der Waals surface area contributed by atoms with Crippen LogP contribution in [0.25, 0.3) is 0 Å². The van der Waals surface area contributed by atoms with Crippen molar-refractivity contribution in [2.75, 3.05) is 25.4 Å². The summed E-state index contributed by atoms with van der Waals surface area (Å²) in [6.45, 7) is 14.2. The van der Waals surface area contributed by atoms with E-state index in [4.69, 9.17) is 4.74 Å². The number of nitrogens with one attached hydrogen (secondary N) is 1. The molecule has 4 heterocycles. The van der Waals surface area contributed by atoms with Crippen LogP contribution in [0.1, 0.15) is 67.2 Å². The Kier molecular flexibility index (Phi) is 6.63. The first kappa shape index (κ1) is 23.3. The average molecular weight is 452 g/mol. The van der Waals surface area contributed by atoms with Crippen molar-refractivity contribution in [1.82, 2.24) is 15.1 Å². The van der Waals surface area contributed by atoms with Crippen molar-refractivity contribution >= 4 is 19.9 Å². The van der Waals surface area contributed by atoms with Crippen molar-refractivity contribution in [1.29, 1.82) is 0 Å². The summed E-state index contributed by atoms with van der Waals surface area (Å²) in [5.41, 5.74) is -0.436. The maximum atomic E-state index is 12.9. The fourth-order valence-electron chi connectivity index (χ4n) is 6.21. The first-order chi connectivity index (χ1) is 14.5. The zero-order valence-corrected chi connectivity index (χ0v) is 21.2. The summed E-state index contributed by atoms with van der Waals surface area (Å²) >= 11 is 0. The summed E-state index contributed by atoms with van der Waals surface area (Å²) in [6, 6.07) is 1.50. The molecule has 0 aliphatic carbocycles. The van der Waals surface area contributed by atoms with E-state index in [2.05, 4.69) is 31.0 Å². The summed E-state index contributed by atoms with van der Waals surface area (Å²) in [4.78, 5) is 29.4. The summed E-state index contributed by atoms with van der Waals surface area (Å²) in [6.07, 6.45) is 6.24. The Morgan fingerprint density at radius 3 is 2.45 bits per heavy atom. The lowest BCUT2D eigenvalue weighted by molar-refractivity contribution is -0.141. The second-order valence-corrected chi connectivity index (χ2v) is 14.1. The van der Waals surface area contributed by atoms with E-state index >= 15 is 0 Å². The highest BCUT2D eigenvalue weighted by Crippen LogP contribution is 2.62. The van der Waals surface area contributed by atoms with Crippen LogP contribution in [0.5, 0.6) is 0 Å². The van der Waals surface area contributed by atoms with Crippen molar-refractivity contribution in [3.63, 3.8) is 0 Å². The zero-order chi connectivity index (χ0) is 22.5. The molecule has 4 fully saturated rings. The molecule has 1 N–H and O–H groups in total. The van der Waals surface area contributed by atoms with Gasteiger partial charge in [0.05, 0.1) is 5.78 Å². The molecule has 0 spiro atoms. The molecular weight excluding hydrogens is 409 g/mol. The first-order valence-electron chi connectivity index (χ1n) is 12.3. The molecule has 0 saturated carbocycles. The molecule has 4 saturated heterocycles. The highest BCUT2D eigenvalue weighted by Gasteiger charge is 2.55. The van der Waals surface area contributed by atoms with Crippen molar-refractivity contribution in [2.24, 2.45) is 17.8 Å². The maximum Gasteiger partial charge on any atom is 0.410 e. The number of likely N-dealkylation sites (tertiary alicyclic amines) is 1. The molecule has 31 heavy (non-hydrogen) atoms. The molecule has 4 aliphatic heterocycles. The van der Waals surface area contributed by atoms with E-state index in [1.54, 1.807) is 0 Å². The van der Waals surface area contributed by atoms with Crippen molar-refractivity contribution in [2.45, 2.75) is 96.7 Å². The van der Waals surface area contributed by atoms with Crippen LogP contribution < -0.4 is 5.32 Å². The molecule has 6 nitrogen and oxygen atoms in total. The Morgan fingerprint density at radius 2 is 1.84 bits per heavy atom. The third-order valence-corrected chi connectivity index (χ3v) is 10.9. The SMILES string of the molecule is CC(C)C1CP2CC(NC3CCN(C(=O)OC(C)(C)C)CC3)CC3C(C)CC(=O)N1[C@H]32. The predicted molar refractivity (Wildman–Crippen MR) is 126 cm³/mol. The van der Waals surface area contributed by atoms with E-state index in [-0.39, 0.29) is 14.0 Å². The number of carbonyl (C=O) groups is 2. The number of piperidine rings is 2. The van der Waals surface area contributed by atoms with Gasteiger partial charge in [0.1, 0.15) is 5.60 Å². The van der Waals surface area contributed by atoms with Crippen LogP contribution in [0.4, 0.5) is 4.79 Å². The van der Waals surface area contributed by atoms with Crippen LogP contribution in [0, 0.1) is 17.8 Å². The predicted octanol–water partition coefficient (Wildman–Crippen LogP) is 4.08. The van der Waals surface area contributed by atoms with Gasteiger partial charge in [-0.05, 0) is 70.1 Å². The summed E-state index contributed by atoms with van der Waals surface area (Å²) < 4.78 is 5.54. The van der Waals surface area contributed by atoms with Gasteiger partial charge in [-0.15, -0.1) is 0 Å². The van der Waals surface area contributed by atoms with Gasteiger partial charge in [-0.2, -0.15) is 0 Å². The lowest BCUT2D eigenvalue weighted by Crippen LogP contribution is -2.56. The number of hydrogen-bond donors (Lipinski definition) is 1. The molecule has 4 rings (SSSR count). The molecule has 4 aliphatic rings.